The summed E-state index contributed by atoms with van der Waals surface area (Å²) in [5.41, 5.74) is 2.81. The van der Waals surface area contributed by atoms with Gasteiger partial charge in [-0.2, -0.15) is 0 Å². The lowest BCUT2D eigenvalue weighted by atomic mass is 10.0. The zero-order chi connectivity index (χ0) is 25.2. The molecule has 3 aromatic carbocycles. The van der Waals surface area contributed by atoms with Crippen LogP contribution >= 0.6 is 0 Å². The summed E-state index contributed by atoms with van der Waals surface area (Å²) < 4.78 is 11.3. The Hall–Kier alpha value is -4.59. The van der Waals surface area contributed by atoms with Gasteiger partial charge in [0.15, 0.2) is 5.76 Å². The normalized spacial score (nSPS) is 14.8. The Morgan fingerprint density at radius 3 is 2.50 bits per heavy atom. The lowest BCUT2D eigenvalue weighted by Gasteiger charge is -2.35. The van der Waals surface area contributed by atoms with E-state index in [1.807, 2.05) is 32.0 Å². The molecule has 36 heavy (non-hydrogen) atoms. The molecule has 4 aromatic rings. The number of furan rings is 1. The van der Waals surface area contributed by atoms with Gasteiger partial charge in [0, 0.05) is 16.6 Å². The molecule has 0 radical (unpaired) electrons. The van der Waals surface area contributed by atoms with Crippen LogP contribution in [0.5, 0.6) is 5.75 Å². The molecule has 0 bridgehead atoms. The third-order valence-electron chi connectivity index (χ3n) is 6.12. The van der Waals surface area contributed by atoms with Crippen LogP contribution in [0, 0.1) is 6.92 Å². The Morgan fingerprint density at radius 1 is 1.03 bits per heavy atom. The molecule has 3 amide bonds. The van der Waals surface area contributed by atoms with Crippen LogP contribution in [0.4, 0.5) is 17.1 Å². The average molecular weight is 484 g/mol. The van der Waals surface area contributed by atoms with E-state index in [0.717, 1.165) is 5.39 Å². The average Bonchev–Trinajstić information content (AvgIpc) is 3.22. The molecule has 5 rings (SSSR count). The number of para-hydroxylation sites is 3. The van der Waals surface area contributed by atoms with Gasteiger partial charge in [0.25, 0.3) is 5.91 Å². The highest BCUT2D eigenvalue weighted by atomic mass is 16.5. The number of anilines is 3. The number of fused-ring (bicyclic) bond motifs is 2. The van der Waals surface area contributed by atoms with Crippen molar-refractivity contribution >= 4 is 45.8 Å². The molecule has 1 aliphatic rings. The second-order valence-electron chi connectivity index (χ2n) is 8.46. The number of amides is 3. The number of hydrogen-bond acceptors (Lipinski definition) is 5. The first-order valence-corrected chi connectivity index (χ1v) is 11.7. The molecule has 2 heterocycles. The van der Waals surface area contributed by atoms with Gasteiger partial charge in [0.1, 0.15) is 17.4 Å². The predicted molar refractivity (Wildman–Crippen MR) is 137 cm³/mol. The molecule has 8 heteroatoms. The summed E-state index contributed by atoms with van der Waals surface area (Å²) in [7, 11) is 0. The van der Waals surface area contributed by atoms with E-state index < -0.39 is 23.8 Å². The highest BCUT2D eigenvalue weighted by Gasteiger charge is 2.40. The zero-order valence-electron chi connectivity index (χ0n) is 19.9. The first-order valence-electron chi connectivity index (χ1n) is 11.7. The van der Waals surface area contributed by atoms with Crippen LogP contribution < -0.4 is 20.3 Å². The summed E-state index contributed by atoms with van der Waals surface area (Å²) >= 11 is 0. The maximum absolute atomic E-state index is 13.9. The fourth-order valence-corrected chi connectivity index (χ4v) is 4.40. The molecular formula is C28H25N3O5. The number of aryl methyl sites for hydroxylation is 1. The van der Waals surface area contributed by atoms with Crippen molar-refractivity contribution in [2.24, 2.45) is 0 Å². The maximum Gasteiger partial charge on any atom is 0.295 e. The van der Waals surface area contributed by atoms with Crippen LogP contribution in [-0.4, -0.2) is 30.4 Å². The summed E-state index contributed by atoms with van der Waals surface area (Å²) in [6.45, 7) is 4.24. The minimum atomic E-state index is -1.07. The maximum atomic E-state index is 13.9. The minimum Gasteiger partial charge on any atom is -0.494 e. The van der Waals surface area contributed by atoms with Crippen molar-refractivity contribution < 1.29 is 23.5 Å². The standard InChI is InChI=1S/C28H25N3O5/c1-3-35-19-14-12-18(13-15-19)29-25(32)16-23-27(33)30-21-9-5-6-10-22(21)31(23)28(34)26-17(2)20-8-4-7-11-24(20)36-26/h4-15,23H,3,16H2,1-2H3,(H,29,32)(H,30,33). The Labute approximate surface area is 207 Å². The molecule has 1 unspecified atom stereocenters. The predicted octanol–water partition coefficient (Wildman–Crippen LogP) is 5.14. The third kappa shape index (κ3) is 4.29. The van der Waals surface area contributed by atoms with Gasteiger partial charge in [0.05, 0.1) is 24.4 Å². The van der Waals surface area contributed by atoms with Gasteiger partial charge in [-0.1, -0.05) is 30.3 Å². The summed E-state index contributed by atoms with van der Waals surface area (Å²) in [5, 5.41) is 6.44. The monoisotopic (exact) mass is 483 g/mol. The number of ether oxygens (including phenoxy) is 1. The number of rotatable bonds is 6. The number of carbonyl (C=O) groups excluding carboxylic acids is 3. The van der Waals surface area contributed by atoms with Gasteiger partial charge >= 0.3 is 0 Å². The molecule has 0 aliphatic carbocycles. The van der Waals surface area contributed by atoms with E-state index in [1.54, 1.807) is 54.6 Å². The fraction of sp³-hybridized carbons (Fsp3) is 0.179. The van der Waals surface area contributed by atoms with Gasteiger partial charge in [-0.05, 0) is 56.3 Å². The van der Waals surface area contributed by atoms with Crippen LogP contribution in [0.1, 0.15) is 29.5 Å². The SMILES string of the molecule is CCOc1ccc(NC(=O)CC2C(=O)Nc3ccccc3N2C(=O)c2oc3ccccc3c2C)cc1. The highest BCUT2D eigenvalue weighted by Crippen LogP contribution is 2.36. The van der Waals surface area contributed by atoms with Crippen LogP contribution in [-0.2, 0) is 9.59 Å². The van der Waals surface area contributed by atoms with Gasteiger partial charge in [-0.25, -0.2) is 0 Å². The van der Waals surface area contributed by atoms with Crippen LogP contribution in [0.3, 0.4) is 0 Å². The molecular weight excluding hydrogens is 458 g/mol. The van der Waals surface area contributed by atoms with Gasteiger partial charge in [-0.3, -0.25) is 19.3 Å². The van der Waals surface area contributed by atoms with Crippen molar-refractivity contribution in [2.45, 2.75) is 26.3 Å². The molecule has 0 saturated heterocycles. The number of benzene rings is 3. The molecule has 8 nitrogen and oxygen atoms in total. The lowest BCUT2D eigenvalue weighted by molar-refractivity contribution is -0.122. The zero-order valence-corrected chi connectivity index (χ0v) is 19.9. The quantitative estimate of drug-likeness (QED) is 0.396. The number of nitrogens with zero attached hydrogens (tertiary/aromatic N) is 1. The molecule has 0 fully saturated rings. The molecule has 1 aromatic heterocycles. The second-order valence-corrected chi connectivity index (χ2v) is 8.46. The van der Waals surface area contributed by atoms with Crippen molar-refractivity contribution in [1.82, 2.24) is 0 Å². The molecule has 0 saturated carbocycles. The molecule has 1 atom stereocenters. The fourth-order valence-electron chi connectivity index (χ4n) is 4.40. The number of hydrogen-bond donors (Lipinski definition) is 2. The van der Waals surface area contributed by atoms with Crippen molar-refractivity contribution in [3.63, 3.8) is 0 Å². The number of carbonyl (C=O) groups is 3. The van der Waals surface area contributed by atoms with Crippen molar-refractivity contribution in [1.29, 1.82) is 0 Å². The van der Waals surface area contributed by atoms with E-state index in [2.05, 4.69) is 10.6 Å². The van der Waals surface area contributed by atoms with E-state index in [9.17, 15) is 14.4 Å². The van der Waals surface area contributed by atoms with E-state index >= 15 is 0 Å². The summed E-state index contributed by atoms with van der Waals surface area (Å²) in [6.07, 6.45) is -0.238. The number of nitrogens with one attached hydrogen (secondary N) is 2. The Balaban J connectivity index is 1.46. The summed E-state index contributed by atoms with van der Waals surface area (Å²) in [5.74, 6) is -0.505. The van der Waals surface area contributed by atoms with Crippen LogP contribution in [0.25, 0.3) is 11.0 Å². The first-order chi connectivity index (χ1) is 17.5. The van der Waals surface area contributed by atoms with E-state index in [0.29, 0.717) is 40.6 Å². The minimum absolute atomic E-state index is 0.137. The Morgan fingerprint density at radius 2 is 1.75 bits per heavy atom. The van der Waals surface area contributed by atoms with Crippen molar-refractivity contribution in [3.8, 4) is 5.75 Å². The van der Waals surface area contributed by atoms with Gasteiger partial charge < -0.3 is 19.8 Å². The molecule has 182 valence electrons. The molecule has 0 spiro atoms. The van der Waals surface area contributed by atoms with Crippen molar-refractivity contribution in [2.75, 3.05) is 22.1 Å². The largest absolute Gasteiger partial charge is 0.494 e. The topological polar surface area (TPSA) is 101 Å². The smallest absolute Gasteiger partial charge is 0.295 e. The van der Waals surface area contributed by atoms with Crippen LogP contribution in [0.15, 0.2) is 77.2 Å². The highest BCUT2D eigenvalue weighted by molar-refractivity contribution is 6.18. The summed E-state index contributed by atoms with van der Waals surface area (Å²) in [4.78, 5) is 41.3. The molecule has 2 N–H and O–H groups in total. The van der Waals surface area contributed by atoms with Crippen LogP contribution in [0.2, 0.25) is 0 Å². The van der Waals surface area contributed by atoms with Crippen molar-refractivity contribution in [3.05, 3.63) is 84.1 Å². The van der Waals surface area contributed by atoms with E-state index in [-0.39, 0.29) is 12.2 Å². The lowest BCUT2D eigenvalue weighted by Crippen LogP contribution is -2.52. The Kier molecular flexibility index (Phi) is 6.16. The first kappa shape index (κ1) is 23.2. The second kappa shape index (κ2) is 9.58. The van der Waals surface area contributed by atoms with E-state index in [4.69, 9.17) is 9.15 Å². The Bertz CT molecular complexity index is 1460. The van der Waals surface area contributed by atoms with Gasteiger partial charge in [0.2, 0.25) is 11.8 Å². The molecule has 1 aliphatic heterocycles. The van der Waals surface area contributed by atoms with E-state index in [1.165, 1.54) is 4.90 Å². The summed E-state index contributed by atoms with van der Waals surface area (Å²) in [6, 6.07) is 20.3. The third-order valence-corrected chi connectivity index (χ3v) is 6.12. The van der Waals surface area contributed by atoms with Gasteiger partial charge in [-0.15, -0.1) is 0 Å².